The van der Waals surface area contributed by atoms with E-state index in [1.807, 2.05) is 0 Å². The Hall–Kier alpha value is -0.570. The van der Waals surface area contributed by atoms with Gasteiger partial charge in [-0.05, 0) is 44.7 Å². The number of rotatable bonds is 6. The smallest absolute Gasteiger partial charge is 0.310 e. The summed E-state index contributed by atoms with van der Waals surface area (Å²) in [6.45, 7) is 5.09. The first-order chi connectivity index (χ1) is 8.16. The zero-order chi connectivity index (χ0) is 12.3. The van der Waals surface area contributed by atoms with Crippen LogP contribution in [0.5, 0.6) is 0 Å². The molecule has 1 N–H and O–H groups in total. The van der Waals surface area contributed by atoms with Crippen LogP contribution >= 0.6 is 0 Å². The van der Waals surface area contributed by atoms with Gasteiger partial charge >= 0.3 is 5.97 Å². The van der Waals surface area contributed by atoms with E-state index in [9.17, 15) is 9.90 Å². The third-order valence-corrected chi connectivity index (χ3v) is 4.39. The van der Waals surface area contributed by atoms with Gasteiger partial charge in [-0.1, -0.05) is 26.2 Å². The summed E-state index contributed by atoms with van der Waals surface area (Å²) >= 11 is 0. The molecule has 1 heterocycles. The zero-order valence-corrected chi connectivity index (χ0v) is 11.0. The van der Waals surface area contributed by atoms with Gasteiger partial charge in [0, 0.05) is 6.54 Å². The van der Waals surface area contributed by atoms with Gasteiger partial charge in [-0.2, -0.15) is 0 Å². The molecule has 1 saturated heterocycles. The molecule has 0 amide bonds. The second-order valence-electron chi connectivity index (χ2n) is 5.95. The lowest BCUT2D eigenvalue weighted by Crippen LogP contribution is -2.48. The minimum absolute atomic E-state index is 0.448. The maximum Gasteiger partial charge on any atom is 0.310 e. The zero-order valence-electron chi connectivity index (χ0n) is 11.0. The van der Waals surface area contributed by atoms with Crippen molar-refractivity contribution in [3.63, 3.8) is 0 Å². The van der Waals surface area contributed by atoms with E-state index in [0.29, 0.717) is 0 Å². The Labute approximate surface area is 104 Å². The third kappa shape index (κ3) is 3.21. The SMILES string of the molecule is CCCC1(C(=O)O)CCCN(CCC2CC2)C1. The van der Waals surface area contributed by atoms with Gasteiger partial charge in [0.15, 0.2) is 0 Å². The molecule has 2 aliphatic rings. The number of piperidine rings is 1. The fraction of sp³-hybridized carbons (Fsp3) is 0.929. The molecule has 1 saturated carbocycles. The van der Waals surface area contributed by atoms with E-state index in [4.69, 9.17) is 0 Å². The first-order valence-electron chi connectivity index (χ1n) is 7.12. The van der Waals surface area contributed by atoms with Crippen molar-refractivity contribution in [1.82, 2.24) is 4.90 Å². The molecule has 0 spiro atoms. The molecule has 3 heteroatoms. The number of nitrogens with zero attached hydrogens (tertiary/aromatic N) is 1. The van der Waals surface area contributed by atoms with Gasteiger partial charge in [-0.15, -0.1) is 0 Å². The van der Waals surface area contributed by atoms with Crippen molar-refractivity contribution in [3.8, 4) is 0 Å². The van der Waals surface area contributed by atoms with Crippen LogP contribution in [0, 0.1) is 11.3 Å². The largest absolute Gasteiger partial charge is 0.481 e. The molecule has 0 radical (unpaired) electrons. The molecule has 3 nitrogen and oxygen atoms in total. The van der Waals surface area contributed by atoms with Gasteiger partial charge in [0.25, 0.3) is 0 Å². The predicted octanol–water partition coefficient (Wildman–Crippen LogP) is 2.75. The fourth-order valence-corrected chi connectivity index (χ4v) is 3.15. The molecular formula is C14H25NO2. The highest BCUT2D eigenvalue weighted by molar-refractivity contribution is 5.75. The quantitative estimate of drug-likeness (QED) is 0.775. The summed E-state index contributed by atoms with van der Waals surface area (Å²) in [5, 5.41) is 9.50. The Morgan fingerprint density at radius 1 is 1.47 bits per heavy atom. The molecular weight excluding hydrogens is 214 g/mol. The fourth-order valence-electron chi connectivity index (χ4n) is 3.15. The topological polar surface area (TPSA) is 40.5 Å². The summed E-state index contributed by atoms with van der Waals surface area (Å²) in [5.74, 6) is 0.373. The van der Waals surface area contributed by atoms with Crippen LogP contribution in [0.2, 0.25) is 0 Å². The lowest BCUT2D eigenvalue weighted by Gasteiger charge is -2.40. The van der Waals surface area contributed by atoms with E-state index >= 15 is 0 Å². The molecule has 2 rings (SSSR count). The number of carbonyl (C=O) groups is 1. The predicted molar refractivity (Wildman–Crippen MR) is 68.0 cm³/mol. The van der Waals surface area contributed by atoms with Crippen molar-refractivity contribution in [2.24, 2.45) is 11.3 Å². The van der Waals surface area contributed by atoms with E-state index in [1.54, 1.807) is 0 Å². The van der Waals surface area contributed by atoms with Crippen molar-refractivity contribution < 1.29 is 9.90 Å². The van der Waals surface area contributed by atoms with Gasteiger partial charge in [-0.3, -0.25) is 4.79 Å². The summed E-state index contributed by atoms with van der Waals surface area (Å²) in [6.07, 6.45) is 7.81. The molecule has 0 bridgehead atoms. The Morgan fingerprint density at radius 3 is 2.82 bits per heavy atom. The third-order valence-electron chi connectivity index (χ3n) is 4.39. The lowest BCUT2D eigenvalue weighted by molar-refractivity contribution is -0.153. The molecule has 1 atom stereocenters. The number of likely N-dealkylation sites (tertiary alicyclic amines) is 1. The highest BCUT2D eigenvalue weighted by Gasteiger charge is 2.41. The highest BCUT2D eigenvalue weighted by atomic mass is 16.4. The number of aliphatic carboxylic acids is 1. The minimum atomic E-state index is -0.574. The van der Waals surface area contributed by atoms with E-state index in [1.165, 1.54) is 19.3 Å². The summed E-state index contributed by atoms with van der Waals surface area (Å²) < 4.78 is 0. The normalized spacial score (nSPS) is 30.4. The number of hydrogen-bond donors (Lipinski definition) is 1. The van der Waals surface area contributed by atoms with Crippen molar-refractivity contribution in [1.29, 1.82) is 0 Å². The van der Waals surface area contributed by atoms with Crippen LogP contribution in [0.25, 0.3) is 0 Å². The molecule has 98 valence electrons. The standard InChI is InChI=1S/C14H25NO2/c1-2-7-14(13(16)17)8-3-9-15(11-14)10-6-12-4-5-12/h12H,2-11H2,1H3,(H,16,17). The highest BCUT2D eigenvalue weighted by Crippen LogP contribution is 2.37. The summed E-state index contributed by atoms with van der Waals surface area (Å²) in [6, 6.07) is 0. The molecule has 2 fully saturated rings. The maximum atomic E-state index is 11.5. The Balaban J connectivity index is 1.89. The first kappa shape index (κ1) is 12.9. The van der Waals surface area contributed by atoms with Crippen molar-refractivity contribution in [3.05, 3.63) is 0 Å². The van der Waals surface area contributed by atoms with Crippen molar-refractivity contribution in [2.75, 3.05) is 19.6 Å². The second-order valence-corrected chi connectivity index (χ2v) is 5.95. The van der Waals surface area contributed by atoms with Gasteiger partial charge in [0.2, 0.25) is 0 Å². The van der Waals surface area contributed by atoms with Crippen LogP contribution in [0.4, 0.5) is 0 Å². The van der Waals surface area contributed by atoms with Crippen LogP contribution in [0.1, 0.15) is 51.9 Å². The molecule has 1 aliphatic carbocycles. The average molecular weight is 239 g/mol. The Kier molecular flexibility index (Phi) is 4.08. The van der Waals surface area contributed by atoms with Crippen LogP contribution in [-0.4, -0.2) is 35.6 Å². The van der Waals surface area contributed by atoms with Crippen LogP contribution < -0.4 is 0 Å². The Bertz CT molecular complexity index is 271. The Morgan fingerprint density at radius 2 is 2.24 bits per heavy atom. The average Bonchev–Trinajstić information content (AvgIpc) is 3.11. The summed E-state index contributed by atoms with van der Waals surface area (Å²) in [5.41, 5.74) is -0.448. The second kappa shape index (κ2) is 5.38. The van der Waals surface area contributed by atoms with Crippen molar-refractivity contribution >= 4 is 5.97 Å². The molecule has 0 aromatic heterocycles. The molecule has 0 aromatic carbocycles. The lowest BCUT2D eigenvalue weighted by atomic mass is 9.76. The van der Waals surface area contributed by atoms with E-state index < -0.39 is 11.4 Å². The van der Waals surface area contributed by atoms with Crippen molar-refractivity contribution in [2.45, 2.75) is 51.9 Å². The number of carboxylic acid groups (broad SMARTS) is 1. The summed E-state index contributed by atoms with van der Waals surface area (Å²) in [4.78, 5) is 13.9. The van der Waals surface area contributed by atoms with Gasteiger partial charge in [0.1, 0.15) is 0 Å². The van der Waals surface area contributed by atoms with Gasteiger partial charge in [0.05, 0.1) is 5.41 Å². The number of carboxylic acids is 1. The molecule has 0 aromatic rings. The van der Waals surface area contributed by atoms with E-state index in [-0.39, 0.29) is 0 Å². The van der Waals surface area contributed by atoms with Crippen LogP contribution in [0.3, 0.4) is 0 Å². The van der Waals surface area contributed by atoms with E-state index in [2.05, 4.69) is 11.8 Å². The number of hydrogen-bond acceptors (Lipinski definition) is 2. The molecule has 17 heavy (non-hydrogen) atoms. The summed E-state index contributed by atoms with van der Waals surface area (Å²) in [7, 11) is 0. The minimum Gasteiger partial charge on any atom is -0.481 e. The van der Waals surface area contributed by atoms with Gasteiger partial charge < -0.3 is 10.0 Å². The maximum absolute atomic E-state index is 11.5. The first-order valence-corrected chi connectivity index (χ1v) is 7.12. The van der Waals surface area contributed by atoms with Crippen LogP contribution in [-0.2, 0) is 4.79 Å². The monoisotopic (exact) mass is 239 g/mol. The molecule has 1 unspecified atom stereocenters. The van der Waals surface area contributed by atoms with E-state index in [0.717, 1.165) is 51.2 Å². The van der Waals surface area contributed by atoms with Crippen LogP contribution in [0.15, 0.2) is 0 Å². The van der Waals surface area contributed by atoms with Gasteiger partial charge in [-0.25, -0.2) is 0 Å². The molecule has 1 aliphatic heterocycles.